The largest absolute Gasteiger partial charge is 0.478 e. The molecule has 1 aromatic heterocycles. The first-order valence-electron chi connectivity index (χ1n) is 7.84. The third-order valence-electron chi connectivity index (χ3n) is 4.35. The molecule has 1 heterocycles. The van der Waals surface area contributed by atoms with Crippen LogP contribution in [0, 0.1) is 11.3 Å². The van der Waals surface area contributed by atoms with Crippen LogP contribution in [0.3, 0.4) is 0 Å². The first kappa shape index (κ1) is 15.1. The van der Waals surface area contributed by atoms with Crippen LogP contribution in [-0.4, -0.2) is 17.6 Å². The molecule has 0 amide bonds. The molecule has 3 nitrogen and oxygen atoms in total. The number of rotatable bonds is 4. The van der Waals surface area contributed by atoms with E-state index in [1.165, 1.54) is 25.7 Å². The summed E-state index contributed by atoms with van der Waals surface area (Å²) >= 11 is 0. The fourth-order valence-electron chi connectivity index (χ4n) is 3.04. The number of pyridine rings is 1. The zero-order chi connectivity index (χ0) is 14.6. The van der Waals surface area contributed by atoms with Crippen LogP contribution in [0.5, 0.6) is 5.88 Å². The lowest BCUT2D eigenvalue weighted by molar-refractivity contribution is 0.173. The lowest BCUT2D eigenvalue weighted by atomic mass is 9.71. The summed E-state index contributed by atoms with van der Waals surface area (Å²) in [4.78, 5) is 4.30. The van der Waals surface area contributed by atoms with E-state index in [0.717, 1.165) is 11.6 Å². The van der Waals surface area contributed by atoms with Gasteiger partial charge in [0.2, 0.25) is 5.88 Å². The summed E-state index contributed by atoms with van der Waals surface area (Å²) in [7, 11) is 0. The molecule has 3 heteroatoms. The standard InChI is InChI=1S/C17H28N2O/c1-5-20-16-11-10-15(12-18-16)19-14-8-6-13(7-9-14)17(2,3)4/h10-14,19H,5-9H2,1-4H3. The van der Waals surface area contributed by atoms with Crippen molar-refractivity contribution in [2.24, 2.45) is 11.3 Å². The lowest BCUT2D eigenvalue weighted by Gasteiger charge is -2.37. The van der Waals surface area contributed by atoms with Gasteiger partial charge in [-0.25, -0.2) is 4.98 Å². The van der Waals surface area contributed by atoms with Crippen molar-refractivity contribution in [3.05, 3.63) is 18.3 Å². The first-order chi connectivity index (χ1) is 9.49. The second-order valence-electron chi connectivity index (χ2n) is 6.88. The van der Waals surface area contributed by atoms with E-state index in [2.05, 4.69) is 37.1 Å². The van der Waals surface area contributed by atoms with E-state index >= 15 is 0 Å². The Bertz CT molecular complexity index is 400. The Morgan fingerprint density at radius 3 is 2.40 bits per heavy atom. The Balaban J connectivity index is 1.83. The second-order valence-corrected chi connectivity index (χ2v) is 6.88. The summed E-state index contributed by atoms with van der Waals surface area (Å²) in [6, 6.07) is 4.59. The Morgan fingerprint density at radius 1 is 1.20 bits per heavy atom. The number of aromatic nitrogens is 1. The zero-order valence-corrected chi connectivity index (χ0v) is 13.3. The Labute approximate surface area is 123 Å². The molecule has 1 aliphatic carbocycles. The predicted molar refractivity (Wildman–Crippen MR) is 84.2 cm³/mol. The third-order valence-corrected chi connectivity index (χ3v) is 4.35. The van der Waals surface area contributed by atoms with Crippen LogP contribution in [0.4, 0.5) is 5.69 Å². The highest BCUT2D eigenvalue weighted by Crippen LogP contribution is 2.38. The molecule has 1 fully saturated rings. The van der Waals surface area contributed by atoms with Crippen molar-refractivity contribution in [2.45, 2.75) is 59.4 Å². The van der Waals surface area contributed by atoms with Gasteiger partial charge in [0, 0.05) is 12.1 Å². The van der Waals surface area contributed by atoms with Crippen molar-refractivity contribution in [3.63, 3.8) is 0 Å². The molecule has 1 N–H and O–H groups in total. The lowest BCUT2D eigenvalue weighted by Crippen LogP contribution is -2.31. The summed E-state index contributed by atoms with van der Waals surface area (Å²) in [5.41, 5.74) is 1.55. The molecule has 112 valence electrons. The Hall–Kier alpha value is -1.25. The van der Waals surface area contributed by atoms with Gasteiger partial charge < -0.3 is 10.1 Å². The highest BCUT2D eigenvalue weighted by molar-refractivity contribution is 5.43. The van der Waals surface area contributed by atoms with Gasteiger partial charge in [-0.3, -0.25) is 0 Å². The molecular formula is C17H28N2O. The van der Waals surface area contributed by atoms with E-state index in [0.29, 0.717) is 23.9 Å². The highest BCUT2D eigenvalue weighted by Gasteiger charge is 2.29. The number of hydrogen-bond acceptors (Lipinski definition) is 3. The minimum absolute atomic E-state index is 0.450. The molecule has 0 aliphatic heterocycles. The van der Waals surface area contributed by atoms with E-state index in [9.17, 15) is 0 Å². The van der Waals surface area contributed by atoms with Crippen LogP contribution < -0.4 is 10.1 Å². The van der Waals surface area contributed by atoms with Crippen LogP contribution in [0.15, 0.2) is 18.3 Å². The summed E-state index contributed by atoms with van der Waals surface area (Å²) in [6.45, 7) is 9.73. The molecule has 0 aromatic carbocycles. The van der Waals surface area contributed by atoms with Gasteiger partial charge in [0.15, 0.2) is 0 Å². The molecular weight excluding hydrogens is 248 g/mol. The van der Waals surface area contributed by atoms with Crippen molar-refractivity contribution < 1.29 is 4.74 Å². The van der Waals surface area contributed by atoms with E-state index in [1.807, 2.05) is 19.2 Å². The summed E-state index contributed by atoms with van der Waals surface area (Å²) in [5.74, 6) is 1.56. The predicted octanol–water partition coefficient (Wildman–Crippen LogP) is 4.50. The van der Waals surface area contributed by atoms with Gasteiger partial charge in [-0.2, -0.15) is 0 Å². The van der Waals surface area contributed by atoms with Gasteiger partial charge >= 0.3 is 0 Å². The van der Waals surface area contributed by atoms with Crippen LogP contribution in [0.1, 0.15) is 53.4 Å². The number of ether oxygens (including phenoxy) is 1. The maximum absolute atomic E-state index is 5.36. The Kier molecular flexibility index (Phi) is 4.90. The van der Waals surface area contributed by atoms with Gasteiger partial charge in [0.05, 0.1) is 18.5 Å². The van der Waals surface area contributed by atoms with Crippen molar-refractivity contribution in [1.82, 2.24) is 4.98 Å². The van der Waals surface area contributed by atoms with E-state index < -0.39 is 0 Å². The number of anilines is 1. The quantitative estimate of drug-likeness (QED) is 0.879. The average Bonchev–Trinajstić information content (AvgIpc) is 2.41. The number of hydrogen-bond donors (Lipinski definition) is 1. The van der Waals surface area contributed by atoms with E-state index in [1.54, 1.807) is 0 Å². The monoisotopic (exact) mass is 276 g/mol. The molecule has 1 aromatic rings. The first-order valence-corrected chi connectivity index (χ1v) is 7.84. The van der Waals surface area contributed by atoms with E-state index in [4.69, 9.17) is 4.74 Å². The maximum atomic E-state index is 5.36. The van der Waals surface area contributed by atoms with E-state index in [-0.39, 0.29) is 0 Å². The molecule has 0 bridgehead atoms. The summed E-state index contributed by atoms with van der Waals surface area (Å²) < 4.78 is 5.36. The fourth-order valence-corrected chi connectivity index (χ4v) is 3.04. The second kappa shape index (κ2) is 6.47. The minimum Gasteiger partial charge on any atom is -0.478 e. The van der Waals surface area contributed by atoms with Crippen LogP contribution >= 0.6 is 0 Å². The molecule has 1 saturated carbocycles. The summed E-state index contributed by atoms with van der Waals surface area (Å²) in [6.07, 6.45) is 7.04. The average molecular weight is 276 g/mol. The van der Waals surface area contributed by atoms with Crippen molar-refractivity contribution >= 4 is 5.69 Å². The molecule has 0 unspecified atom stereocenters. The van der Waals surface area contributed by atoms with Gasteiger partial charge in [-0.1, -0.05) is 20.8 Å². The molecule has 20 heavy (non-hydrogen) atoms. The zero-order valence-electron chi connectivity index (χ0n) is 13.3. The van der Waals surface area contributed by atoms with Gasteiger partial charge in [-0.05, 0) is 50.0 Å². The van der Waals surface area contributed by atoms with Crippen LogP contribution in [0.2, 0.25) is 0 Å². The number of nitrogens with one attached hydrogen (secondary N) is 1. The van der Waals surface area contributed by atoms with Crippen molar-refractivity contribution in [3.8, 4) is 5.88 Å². The molecule has 0 radical (unpaired) electrons. The highest BCUT2D eigenvalue weighted by atomic mass is 16.5. The van der Waals surface area contributed by atoms with Gasteiger partial charge in [0.25, 0.3) is 0 Å². The number of nitrogens with zero attached hydrogens (tertiary/aromatic N) is 1. The smallest absolute Gasteiger partial charge is 0.213 e. The van der Waals surface area contributed by atoms with Crippen molar-refractivity contribution in [1.29, 1.82) is 0 Å². The molecule has 2 rings (SSSR count). The van der Waals surface area contributed by atoms with Crippen molar-refractivity contribution in [2.75, 3.05) is 11.9 Å². The third kappa shape index (κ3) is 4.12. The molecule has 0 saturated heterocycles. The molecule has 0 atom stereocenters. The molecule has 0 spiro atoms. The minimum atomic E-state index is 0.450. The van der Waals surface area contributed by atoms with Gasteiger partial charge in [-0.15, -0.1) is 0 Å². The van der Waals surface area contributed by atoms with Crippen LogP contribution in [-0.2, 0) is 0 Å². The SMILES string of the molecule is CCOc1ccc(NC2CCC(C(C)(C)C)CC2)cn1. The Morgan fingerprint density at radius 2 is 1.90 bits per heavy atom. The van der Waals surface area contributed by atoms with Gasteiger partial charge in [0.1, 0.15) is 0 Å². The fraction of sp³-hybridized carbons (Fsp3) is 0.706. The summed E-state index contributed by atoms with van der Waals surface area (Å²) in [5, 5.41) is 3.60. The maximum Gasteiger partial charge on any atom is 0.213 e. The normalized spacial score (nSPS) is 23.4. The molecule has 1 aliphatic rings. The van der Waals surface area contributed by atoms with Crippen LogP contribution in [0.25, 0.3) is 0 Å². The topological polar surface area (TPSA) is 34.1 Å².